The molecule has 26 heavy (non-hydrogen) atoms. The summed E-state index contributed by atoms with van der Waals surface area (Å²) in [6.07, 6.45) is 6.55. The van der Waals surface area contributed by atoms with E-state index in [1.165, 1.54) is 6.07 Å². The van der Waals surface area contributed by atoms with Gasteiger partial charge in [0.2, 0.25) is 0 Å². The van der Waals surface area contributed by atoms with Crippen molar-refractivity contribution in [1.29, 1.82) is 0 Å². The van der Waals surface area contributed by atoms with Crippen molar-refractivity contribution in [3.63, 3.8) is 0 Å². The van der Waals surface area contributed by atoms with E-state index >= 15 is 0 Å². The van der Waals surface area contributed by atoms with Gasteiger partial charge >= 0.3 is 0 Å². The van der Waals surface area contributed by atoms with Crippen molar-refractivity contribution in [3.05, 3.63) is 65.8 Å². The van der Waals surface area contributed by atoms with Crippen LogP contribution in [0.1, 0.15) is 50.2 Å². The predicted molar refractivity (Wildman–Crippen MR) is 103 cm³/mol. The number of hydrogen-bond acceptors (Lipinski definition) is 0. The van der Waals surface area contributed by atoms with Gasteiger partial charge in [-0.05, 0) is 55.0 Å². The highest BCUT2D eigenvalue weighted by Crippen LogP contribution is 2.39. The van der Waals surface area contributed by atoms with Gasteiger partial charge in [0, 0.05) is 16.9 Å². The third-order valence-corrected chi connectivity index (χ3v) is 5.47. The van der Waals surface area contributed by atoms with Crippen molar-refractivity contribution in [2.45, 2.75) is 45.4 Å². The van der Waals surface area contributed by atoms with Crippen LogP contribution in [0.3, 0.4) is 0 Å². The van der Waals surface area contributed by atoms with E-state index in [1.54, 1.807) is 12.1 Å². The van der Waals surface area contributed by atoms with Crippen LogP contribution >= 0.6 is 0 Å². The third-order valence-electron chi connectivity index (χ3n) is 5.47. The highest BCUT2D eigenvalue weighted by molar-refractivity contribution is 5.87. The second-order valence-corrected chi connectivity index (χ2v) is 7.24. The summed E-state index contributed by atoms with van der Waals surface area (Å²) in [5.74, 6) is -2.64. The lowest BCUT2D eigenvalue weighted by atomic mass is 9.81. The fourth-order valence-electron chi connectivity index (χ4n) is 3.87. The lowest BCUT2D eigenvalue weighted by molar-refractivity contribution is 0.305. The smallest absolute Gasteiger partial charge is 0.165 e. The maximum Gasteiger partial charge on any atom is 0.165 e. The first-order valence-corrected chi connectivity index (χ1v) is 9.44. The first kappa shape index (κ1) is 18.8. The molecule has 2 aromatic rings. The van der Waals surface area contributed by atoms with Gasteiger partial charge in [-0.15, -0.1) is 6.58 Å². The molecule has 0 aliphatic heterocycles. The van der Waals surface area contributed by atoms with Gasteiger partial charge < -0.3 is 0 Å². The Morgan fingerprint density at radius 3 is 2.50 bits per heavy atom. The van der Waals surface area contributed by atoms with Crippen LogP contribution in [0.5, 0.6) is 0 Å². The molecule has 0 atom stereocenters. The van der Waals surface area contributed by atoms with Gasteiger partial charge in [-0.1, -0.05) is 43.7 Å². The zero-order valence-electron chi connectivity index (χ0n) is 15.2. The normalized spacial score (nSPS) is 21.5. The van der Waals surface area contributed by atoms with E-state index in [0.717, 1.165) is 36.6 Å². The topological polar surface area (TPSA) is 0 Å². The van der Waals surface area contributed by atoms with Crippen molar-refractivity contribution in [1.82, 2.24) is 0 Å². The molecule has 0 unspecified atom stereocenters. The van der Waals surface area contributed by atoms with E-state index in [-0.39, 0.29) is 5.56 Å². The SMILES string of the molecule is C=CC1CCC(C(F)=C(F)c2ccc3cc(CCC)ccc3c2F)CC1. The molecule has 138 valence electrons. The van der Waals surface area contributed by atoms with E-state index in [4.69, 9.17) is 0 Å². The minimum absolute atomic E-state index is 0.274. The Balaban J connectivity index is 1.92. The molecule has 0 saturated heterocycles. The quantitative estimate of drug-likeness (QED) is 0.485. The van der Waals surface area contributed by atoms with Gasteiger partial charge in [0.05, 0.1) is 0 Å². The third kappa shape index (κ3) is 3.72. The molecule has 2 aromatic carbocycles. The van der Waals surface area contributed by atoms with Crippen molar-refractivity contribution in [2.75, 3.05) is 0 Å². The van der Waals surface area contributed by atoms with Crippen LogP contribution in [0, 0.1) is 17.7 Å². The molecule has 0 amide bonds. The Morgan fingerprint density at radius 2 is 1.85 bits per heavy atom. The average molecular weight is 358 g/mol. The Hall–Kier alpha value is -2.03. The summed E-state index contributed by atoms with van der Waals surface area (Å²) in [7, 11) is 0. The molecule has 1 aliphatic carbocycles. The Morgan fingerprint density at radius 1 is 1.12 bits per heavy atom. The van der Waals surface area contributed by atoms with Crippen molar-refractivity contribution in [2.24, 2.45) is 11.8 Å². The summed E-state index contributed by atoms with van der Waals surface area (Å²) in [4.78, 5) is 0. The van der Waals surface area contributed by atoms with Crippen LogP contribution in [-0.2, 0) is 6.42 Å². The number of rotatable bonds is 5. The first-order valence-electron chi connectivity index (χ1n) is 9.44. The predicted octanol–water partition coefficient (Wildman–Crippen LogP) is 7.53. The van der Waals surface area contributed by atoms with Gasteiger partial charge in [0.25, 0.3) is 0 Å². The Kier molecular flexibility index (Phi) is 5.85. The second kappa shape index (κ2) is 8.11. The maximum atomic E-state index is 14.8. The number of allylic oxidation sites excluding steroid dienone is 2. The van der Waals surface area contributed by atoms with Gasteiger partial charge in [0.1, 0.15) is 11.6 Å². The molecular formula is C23H25F3. The van der Waals surface area contributed by atoms with Crippen LogP contribution in [0.2, 0.25) is 0 Å². The standard InChI is InChI=1S/C23H25F3/c1-3-5-16-8-12-19-18(14-16)11-13-20(22(19)25)23(26)21(24)17-9-6-15(4-2)7-10-17/h4,8,11-15,17H,2-3,5-7,9-10H2,1H3. The molecule has 0 spiro atoms. The summed E-state index contributed by atoms with van der Waals surface area (Å²) >= 11 is 0. The average Bonchev–Trinajstić information content (AvgIpc) is 2.67. The zero-order chi connectivity index (χ0) is 18.7. The molecule has 0 heterocycles. The van der Waals surface area contributed by atoms with Crippen LogP contribution in [0.25, 0.3) is 16.6 Å². The molecule has 0 nitrogen and oxygen atoms in total. The van der Waals surface area contributed by atoms with E-state index in [0.29, 0.717) is 24.1 Å². The summed E-state index contributed by atoms with van der Waals surface area (Å²) in [5.41, 5.74) is 0.845. The van der Waals surface area contributed by atoms with Crippen molar-refractivity contribution in [3.8, 4) is 0 Å². The number of halogens is 3. The number of fused-ring (bicyclic) bond motifs is 1. The van der Waals surface area contributed by atoms with Gasteiger partial charge in [-0.25, -0.2) is 13.2 Å². The Labute approximate surface area is 153 Å². The molecule has 0 radical (unpaired) electrons. The molecule has 1 aliphatic rings. The van der Waals surface area contributed by atoms with Crippen LogP contribution in [0.4, 0.5) is 13.2 Å². The highest BCUT2D eigenvalue weighted by atomic mass is 19.2. The van der Waals surface area contributed by atoms with Crippen molar-refractivity contribution >= 4 is 16.6 Å². The monoisotopic (exact) mass is 358 g/mol. The molecule has 0 N–H and O–H groups in total. The minimum Gasteiger partial charge on any atom is -0.208 e. The fraction of sp³-hybridized carbons (Fsp3) is 0.391. The maximum absolute atomic E-state index is 14.8. The lowest BCUT2D eigenvalue weighted by Crippen LogP contribution is -2.14. The first-order chi connectivity index (χ1) is 12.5. The number of benzene rings is 2. The van der Waals surface area contributed by atoms with Crippen molar-refractivity contribution < 1.29 is 13.2 Å². The van der Waals surface area contributed by atoms with Gasteiger partial charge in [-0.3, -0.25) is 0 Å². The second-order valence-electron chi connectivity index (χ2n) is 7.24. The number of hydrogen-bond donors (Lipinski definition) is 0. The molecular weight excluding hydrogens is 333 g/mol. The zero-order valence-corrected chi connectivity index (χ0v) is 15.2. The van der Waals surface area contributed by atoms with E-state index in [9.17, 15) is 13.2 Å². The largest absolute Gasteiger partial charge is 0.208 e. The molecule has 0 aromatic heterocycles. The minimum atomic E-state index is -1.05. The fourth-order valence-corrected chi connectivity index (χ4v) is 3.87. The molecule has 3 rings (SSSR count). The molecule has 0 bridgehead atoms. The summed E-state index contributed by atoms with van der Waals surface area (Å²) < 4.78 is 44.2. The van der Waals surface area contributed by atoms with E-state index < -0.39 is 23.4 Å². The van der Waals surface area contributed by atoms with Crippen LogP contribution in [0.15, 0.2) is 48.8 Å². The highest BCUT2D eigenvalue weighted by Gasteiger charge is 2.27. The van der Waals surface area contributed by atoms with Gasteiger partial charge in [0.15, 0.2) is 5.83 Å². The van der Waals surface area contributed by atoms with E-state index in [1.807, 2.05) is 18.2 Å². The van der Waals surface area contributed by atoms with Crippen LogP contribution < -0.4 is 0 Å². The lowest BCUT2D eigenvalue weighted by Gasteiger charge is -2.25. The molecule has 3 heteroatoms. The number of aryl methyl sites for hydroxylation is 1. The van der Waals surface area contributed by atoms with Gasteiger partial charge in [-0.2, -0.15) is 0 Å². The molecule has 1 saturated carbocycles. The summed E-state index contributed by atoms with van der Waals surface area (Å²) in [6.45, 7) is 5.85. The summed E-state index contributed by atoms with van der Waals surface area (Å²) in [6, 6.07) is 8.47. The van der Waals surface area contributed by atoms with E-state index in [2.05, 4.69) is 13.5 Å². The molecule has 1 fully saturated rings. The van der Waals surface area contributed by atoms with Crippen LogP contribution in [-0.4, -0.2) is 0 Å². The summed E-state index contributed by atoms with van der Waals surface area (Å²) in [5, 5.41) is 1.05. The Bertz CT molecular complexity index is 827.